The summed E-state index contributed by atoms with van der Waals surface area (Å²) in [6.45, 7) is 6.17. The second-order valence-corrected chi connectivity index (χ2v) is 7.40. The van der Waals surface area contributed by atoms with Crippen molar-refractivity contribution in [2.75, 3.05) is 12.0 Å². The van der Waals surface area contributed by atoms with Crippen LogP contribution in [-0.2, 0) is 4.79 Å². The Morgan fingerprint density at radius 3 is 2.38 bits per heavy atom. The number of hydrogen-bond acceptors (Lipinski definition) is 3. The summed E-state index contributed by atoms with van der Waals surface area (Å²) in [6.07, 6.45) is 3.96. The molecule has 0 aromatic heterocycles. The third-order valence-electron chi connectivity index (χ3n) is 4.58. The second-order valence-electron chi connectivity index (χ2n) is 6.41. The minimum Gasteiger partial charge on any atom is -0.392 e. The van der Waals surface area contributed by atoms with Crippen LogP contribution >= 0.6 is 11.8 Å². The van der Waals surface area contributed by atoms with Gasteiger partial charge in [-0.05, 0) is 68.2 Å². The van der Waals surface area contributed by atoms with Crippen molar-refractivity contribution in [3.8, 4) is 0 Å². The first-order valence-electron chi connectivity index (χ1n) is 7.71. The van der Waals surface area contributed by atoms with Crippen LogP contribution in [0.3, 0.4) is 0 Å². The van der Waals surface area contributed by atoms with Crippen molar-refractivity contribution in [3.63, 3.8) is 0 Å². The predicted octanol–water partition coefficient (Wildman–Crippen LogP) is 3.79. The van der Waals surface area contributed by atoms with Crippen molar-refractivity contribution < 1.29 is 9.90 Å². The highest BCUT2D eigenvalue weighted by Gasteiger charge is 2.37. The van der Waals surface area contributed by atoms with E-state index < -0.39 is 6.10 Å². The lowest BCUT2D eigenvalue weighted by atomic mass is 9.72. The predicted molar refractivity (Wildman–Crippen MR) is 90.1 cm³/mol. The van der Waals surface area contributed by atoms with Crippen LogP contribution < -0.4 is 0 Å². The average Bonchev–Trinajstić information content (AvgIpc) is 2.38. The maximum atomic E-state index is 12.6. The molecule has 0 aliphatic heterocycles. The van der Waals surface area contributed by atoms with Gasteiger partial charge in [0.15, 0.2) is 0 Å². The van der Waals surface area contributed by atoms with Crippen LogP contribution in [0.1, 0.15) is 47.4 Å². The van der Waals surface area contributed by atoms with Gasteiger partial charge in [0, 0.05) is 6.42 Å². The Bertz CT molecular complexity index is 501. The van der Waals surface area contributed by atoms with E-state index in [0.29, 0.717) is 12.3 Å². The van der Waals surface area contributed by atoms with Crippen molar-refractivity contribution in [1.82, 2.24) is 0 Å². The molecule has 1 aromatic carbocycles. The lowest BCUT2D eigenvalue weighted by Crippen LogP contribution is -2.36. The Labute approximate surface area is 132 Å². The van der Waals surface area contributed by atoms with Crippen LogP contribution in [0.5, 0.6) is 0 Å². The Morgan fingerprint density at radius 2 is 1.86 bits per heavy atom. The normalized spacial score (nSPS) is 26.1. The molecule has 0 heterocycles. The Balaban J connectivity index is 2.24. The smallest absolute Gasteiger partial charge is 0.143 e. The third kappa shape index (κ3) is 3.70. The van der Waals surface area contributed by atoms with Crippen molar-refractivity contribution >= 4 is 17.5 Å². The largest absolute Gasteiger partial charge is 0.392 e. The molecule has 1 aliphatic carbocycles. The zero-order valence-corrected chi connectivity index (χ0v) is 14.3. The summed E-state index contributed by atoms with van der Waals surface area (Å²) in [5.41, 5.74) is 4.53. The fourth-order valence-corrected chi connectivity index (χ4v) is 4.30. The molecule has 21 heavy (non-hydrogen) atoms. The van der Waals surface area contributed by atoms with E-state index in [1.165, 1.54) is 5.56 Å². The van der Waals surface area contributed by atoms with Crippen molar-refractivity contribution in [3.05, 3.63) is 34.4 Å². The molecule has 1 N–H and O–H groups in total. The quantitative estimate of drug-likeness (QED) is 0.919. The molecule has 0 spiro atoms. The van der Waals surface area contributed by atoms with Gasteiger partial charge in [-0.3, -0.25) is 4.79 Å². The van der Waals surface area contributed by atoms with Crippen LogP contribution in [0.15, 0.2) is 12.1 Å². The molecular weight excluding hydrogens is 280 g/mol. The summed E-state index contributed by atoms with van der Waals surface area (Å²) in [5.74, 6) is 1.31. The first-order chi connectivity index (χ1) is 9.93. The number of carbonyl (C=O) groups excluding carboxylic acids is 1. The molecule has 1 aliphatic rings. The van der Waals surface area contributed by atoms with E-state index in [1.807, 2.05) is 11.8 Å². The third-order valence-corrected chi connectivity index (χ3v) is 5.22. The zero-order valence-electron chi connectivity index (χ0n) is 13.5. The Kier molecular flexibility index (Phi) is 5.50. The number of ketones is 1. The average molecular weight is 306 g/mol. The summed E-state index contributed by atoms with van der Waals surface area (Å²) in [6, 6.07) is 4.23. The highest BCUT2D eigenvalue weighted by atomic mass is 32.2. The number of hydrogen-bond donors (Lipinski definition) is 1. The van der Waals surface area contributed by atoms with Crippen LogP contribution in [0, 0.1) is 26.7 Å². The number of aliphatic hydroxyl groups is 1. The molecule has 0 amide bonds. The van der Waals surface area contributed by atoms with Gasteiger partial charge in [-0.25, -0.2) is 0 Å². The lowest BCUT2D eigenvalue weighted by molar-refractivity contribution is -0.127. The molecule has 1 aromatic rings. The molecule has 3 heteroatoms. The summed E-state index contributed by atoms with van der Waals surface area (Å²) in [4.78, 5) is 12.6. The minimum atomic E-state index is -0.529. The standard InChI is InChI=1S/C18H26O2S/c1-11-7-12(2)17(13(3)8-11)18-15(19)9-14(5-6-21-4)10-16(18)20/h7-8,14-15,18-19H,5-6,9-10H2,1-4H3. The SMILES string of the molecule is CSCCC1CC(=O)C(c2c(C)cc(C)cc2C)C(O)C1. The monoisotopic (exact) mass is 306 g/mol. The van der Waals surface area contributed by atoms with E-state index in [1.54, 1.807) is 0 Å². The van der Waals surface area contributed by atoms with Gasteiger partial charge >= 0.3 is 0 Å². The number of Topliss-reactive ketones (excluding diaryl/α,β-unsaturated/α-hetero) is 1. The van der Waals surface area contributed by atoms with Gasteiger partial charge < -0.3 is 5.11 Å². The second kappa shape index (κ2) is 6.97. The van der Waals surface area contributed by atoms with Gasteiger partial charge in [0.25, 0.3) is 0 Å². The molecule has 0 radical (unpaired) electrons. The van der Waals surface area contributed by atoms with E-state index in [-0.39, 0.29) is 11.7 Å². The molecule has 1 fully saturated rings. The highest BCUT2D eigenvalue weighted by Crippen LogP contribution is 2.38. The van der Waals surface area contributed by atoms with Crippen LogP contribution in [0.4, 0.5) is 0 Å². The number of aliphatic hydroxyl groups excluding tert-OH is 1. The Hall–Kier alpha value is -0.800. The molecule has 0 bridgehead atoms. The zero-order chi connectivity index (χ0) is 15.6. The number of rotatable bonds is 4. The molecule has 1 saturated carbocycles. The molecular formula is C18H26O2S. The van der Waals surface area contributed by atoms with Gasteiger partial charge in [-0.1, -0.05) is 17.7 Å². The van der Waals surface area contributed by atoms with Crippen molar-refractivity contribution in [2.45, 2.75) is 52.1 Å². The molecule has 0 saturated heterocycles. The van der Waals surface area contributed by atoms with E-state index >= 15 is 0 Å². The van der Waals surface area contributed by atoms with Crippen LogP contribution in [-0.4, -0.2) is 29.0 Å². The first-order valence-corrected chi connectivity index (χ1v) is 9.11. The van der Waals surface area contributed by atoms with Gasteiger partial charge in [0.2, 0.25) is 0 Å². The molecule has 3 unspecified atom stereocenters. The van der Waals surface area contributed by atoms with Gasteiger partial charge in [-0.2, -0.15) is 11.8 Å². The first kappa shape index (κ1) is 16.6. The number of carbonyl (C=O) groups is 1. The fourth-order valence-electron chi connectivity index (χ4n) is 3.73. The molecule has 116 valence electrons. The highest BCUT2D eigenvalue weighted by molar-refractivity contribution is 7.98. The molecule has 3 atom stereocenters. The lowest BCUT2D eigenvalue weighted by Gasteiger charge is -2.34. The Morgan fingerprint density at radius 1 is 1.24 bits per heavy atom. The van der Waals surface area contributed by atoms with E-state index in [2.05, 4.69) is 39.2 Å². The maximum absolute atomic E-state index is 12.6. The molecule has 2 nitrogen and oxygen atoms in total. The van der Waals surface area contributed by atoms with E-state index in [4.69, 9.17) is 0 Å². The van der Waals surface area contributed by atoms with Gasteiger partial charge in [0.05, 0.1) is 12.0 Å². The summed E-state index contributed by atoms with van der Waals surface area (Å²) in [5, 5.41) is 10.6. The van der Waals surface area contributed by atoms with Gasteiger partial charge in [-0.15, -0.1) is 0 Å². The topological polar surface area (TPSA) is 37.3 Å². The fraction of sp³-hybridized carbons (Fsp3) is 0.611. The van der Waals surface area contributed by atoms with Gasteiger partial charge in [0.1, 0.15) is 5.78 Å². The summed E-state index contributed by atoms with van der Waals surface area (Å²) >= 11 is 1.81. The number of benzene rings is 1. The maximum Gasteiger partial charge on any atom is 0.143 e. The van der Waals surface area contributed by atoms with Crippen molar-refractivity contribution in [2.24, 2.45) is 5.92 Å². The van der Waals surface area contributed by atoms with Crippen LogP contribution in [0.25, 0.3) is 0 Å². The van der Waals surface area contributed by atoms with E-state index in [0.717, 1.165) is 35.3 Å². The summed E-state index contributed by atoms with van der Waals surface area (Å²) in [7, 11) is 0. The minimum absolute atomic E-state index is 0.218. The van der Waals surface area contributed by atoms with Crippen molar-refractivity contribution in [1.29, 1.82) is 0 Å². The van der Waals surface area contributed by atoms with Crippen LogP contribution in [0.2, 0.25) is 0 Å². The number of aryl methyl sites for hydroxylation is 3. The van der Waals surface area contributed by atoms with E-state index in [9.17, 15) is 9.90 Å². The number of thioether (sulfide) groups is 1. The summed E-state index contributed by atoms with van der Waals surface area (Å²) < 4.78 is 0. The molecule has 2 rings (SSSR count).